The number of imidazole rings is 1. The van der Waals surface area contributed by atoms with Crippen molar-refractivity contribution in [2.45, 2.75) is 12.8 Å². The van der Waals surface area contributed by atoms with E-state index < -0.39 is 0 Å². The van der Waals surface area contributed by atoms with Gasteiger partial charge in [0.05, 0.1) is 31.7 Å². The summed E-state index contributed by atoms with van der Waals surface area (Å²) in [6.45, 7) is 1.33. The number of benzene rings is 1. The van der Waals surface area contributed by atoms with Crippen molar-refractivity contribution in [2.75, 3.05) is 27.3 Å². The lowest BCUT2D eigenvalue weighted by molar-refractivity contribution is 0.0600. The number of hydrogen-bond donors (Lipinski definition) is 0. The molecule has 30 heavy (non-hydrogen) atoms. The molecule has 0 saturated carbocycles. The molecule has 0 spiro atoms. The second kappa shape index (κ2) is 8.14. The molecule has 0 aliphatic carbocycles. The topological polar surface area (TPSA) is 86.6 Å². The van der Waals surface area contributed by atoms with Crippen LogP contribution in [-0.2, 0) is 18.2 Å². The third kappa shape index (κ3) is 3.72. The number of pyridine rings is 1. The molecular weight excluding hydrogens is 384 g/mol. The predicted molar refractivity (Wildman–Crippen MR) is 111 cm³/mol. The van der Waals surface area contributed by atoms with Gasteiger partial charge in [0.2, 0.25) is 0 Å². The van der Waals surface area contributed by atoms with Gasteiger partial charge in [0.1, 0.15) is 11.3 Å². The van der Waals surface area contributed by atoms with E-state index in [1.807, 2.05) is 22.6 Å². The van der Waals surface area contributed by atoms with Crippen molar-refractivity contribution in [2.24, 2.45) is 13.0 Å². The second-order valence-corrected chi connectivity index (χ2v) is 7.55. The Morgan fingerprint density at radius 3 is 2.77 bits per heavy atom. The summed E-state index contributed by atoms with van der Waals surface area (Å²) in [5.41, 5.74) is 3.45. The van der Waals surface area contributed by atoms with Crippen molar-refractivity contribution >= 4 is 23.0 Å². The highest BCUT2D eigenvalue weighted by Gasteiger charge is 2.28. The van der Waals surface area contributed by atoms with Crippen LogP contribution in [0.15, 0.2) is 36.8 Å². The molecule has 0 bridgehead atoms. The molecule has 1 saturated heterocycles. The van der Waals surface area contributed by atoms with E-state index in [1.54, 1.807) is 37.8 Å². The molecule has 1 amide bonds. The van der Waals surface area contributed by atoms with Crippen LogP contribution in [0.2, 0.25) is 0 Å². The lowest BCUT2D eigenvalue weighted by atomic mass is 9.96. The summed E-state index contributed by atoms with van der Waals surface area (Å²) < 4.78 is 12.1. The van der Waals surface area contributed by atoms with Gasteiger partial charge in [-0.2, -0.15) is 0 Å². The fourth-order valence-corrected chi connectivity index (χ4v) is 3.99. The third-order valence-corrected chi connectivity index (χ3v) is 5.58. The number of carbonyl (C=O) groups excluding carboxylic acids is 2. The number of fused-ring (bicyclic) bond motifs is 1. The maximum absolute atomic E-state index is 13.0. The van der Waals surface area contributed by atoms with E-state index in [0.29, 0.717) is 29.7 Å². The first kappa shape index (κ1) is 19.9. The van der Waals surface area contributed by atoms with E-state index in [4.69, 9.17) is 9.47 Å². The number of aromatic nitrogens is 3. The zero-order valence-corrected chi connectivity index (χ0v) is 17.3. The monoisotopic (exact) mass is 408 g/mol. The molecule has 1 unspecified atom stereocenters. The first-order valence-electron chi connectivity index (χ1n) is 9.81. The SMILES string of the molecule is COC(=O)c1ccc(OC)c(CC2CCN(C(=O)c3cnc4c(c3)ncn4C)C2)c1. The molecule has 1 aliphatic heterocycles. The molecule has 1 fully saturated rings. The Morgan fingerprint density at radius 1 is 1.17 bits per heavy atom. The van der Waals surface area contributed by atoms with Crippen molar-refractivity contribution < 1.29 is 19.1 Å². The lowest BCUT2D eigenvalue weighted by Gasteiger charge is -2.17. The van der Waals surface area contributed by atoms with Gasteiger partial charge >= 0.3 is 5.97 Å². The van der Waals surface area contributed by atoms with Gasteiger partial charge in [-0.25, -0.2) is 14.8 Å². The molecule has 3 aromatic rings. The van der Waals surface area contributed by atoms with E-state index in [2.05, 4.69) is 9.97 Å². The predicted octanol–water partition coefficient (Wildman–Crippen LogP) is 2.47. The molecule has 0 N–H and O–H groups in total. The Morgan fingerprint density at radius 2 is 2.00 bits per heavy atom. The number of aryl methyl sites for hydroxylation is 1. The molecule has 0 radical (unpaired) electrons. The molecule has 4 rings (SSSR count). The minimum Gasteiger partial charge on any atom is -0.496 e. The lowest BCUT2D eigenvalue weighted by Crippen LogP contribution is -2.29. The standard InChI is InChI=1S/C22H24N4O4/c1-25-13-24-18-10-17(11-23-20(18)25)21(27)26-7-6-14(12-26)8-16-9-15(22(28)30-3)4-5-19(16)29-2/h4-5,9-11,13-14H,6-8,12H2,1-3H3. The maximum atomic E-state index is 13.0. The summed E-state index contributed by atoms with van der Waals surface area (Å²) >= 11 is 0. The van der Waals surface area contributed by atoms with Crippen LogP contribution in [0.5, 0.6) is 5.75 Å². The largest absolute Gasteiger partial charge is 0.496 e. The average Bonchev–Trinajstić information content (AvgIpc) is 3.39. The molecule has 2 aromatic heterocycles. The van der Waals surface area contributed by atoms with Crippen LogP contribution in [0.3, 0.4) is 0 Å². The van der Waals surface area contributed by atoms with Gasteiger partial charge in [0.25, 0.3) is 5.91 Å². The summed E-state index contributed by atoms with van der Waals surface area (Å²) in [4.78, 5) is 35.3. The van der Waals surface area contributed by atoms with Crippen LogP contribution >= 0.6 is 0 Å². The Labute approximate surface area is 174 Å². The summed E-state index contributed by atoms with van der Waals surface area (Å²) in [7, 11) is 4.85. The van der Waals surface area contributed by atoms with E-state index in [1.165, 1.54) is 7.11 Å². The minimum atomic E-state index is -0.375. The van der Waals surface area contributed by atoms with Crippen LogP contribution in [0.25, 0.3) is 11.2 Å². The van der Waals surface area contributed by atoms with Gasteiger partial charge in [0, 0.05) is 26.3 Å². The highest BCUT2D eigenvalue weighted by atomic mass is 16.5. The quantitative estimate of drug-likeness (QED) is 0.603. The van der Waals surface area contributed by atoms with Crippen LogP contribution in [0.1, 0.15) is 32.7 Å². The van der Waals surface area contributed by atoms with Gasteiger partial charge in [-0.05, 0) is 48.6 Å². The first-order valence-corrected chi connectivity index (χ1v) is 9.81. The van der Waals surface area contributed by atoms with Crippen molar-refractivity contribution in [1.29, 1.82) is 0 Å². The van der Waals surface area contributed by atoms with Gasteiger partial charge in [-0.1, -0.05) is 0 Å². The van der Waals surface area contributed by atoms with Gasteiger partial charge in [-0.15, -0.1) is 0 Å². The smallest absolute Gasteiger partial charge is 0.337 e. The minimum absolute atomic E-state index is 0.0344. The Balaban J connectivity index is 1.47. The zero-order chi connectivity index (χ0) is 21.3. The highest BCUT2D eigenvalue weighted by molar-refractivity contribution is 5.96. The van der Waals surface area contributed by atoms with E-state index in [9.17, 15) is 9.59 Å². The van der Waals surface area contributed by atoms with Crippen LogP contribution in [-0.4, -0.2) is 58.6 Å². The number of esters is 1. The number of methoxy groups -OCH3 is 2. The highest BCUT2D eigenvalue weighted by Crippen LogP contribution is 2.28. The number of carbonyl (C=O) groups is 2. The summed E-state index contributed by atoms with van der Waals surface area (Å²) in [6, 6.07) is 7.08. The van der Waals surface area contributed by atoms with Crippen LogP contribution < -0.4 is 4.74 Å². The third-order valence-electron chi connectivity index (χ3n) is 5.58. The number of amides is 1. The molecule has 8 nitrogen and oxygen atoms in total. The van der Waals surface area contributed by atoms with E-state index in [0.717, 1.165) is 29.8 Å². The molecule has 1 aliphatic rings. The average molecular weight is 408 g/mol. The fourth-order valence-electron chi connectivity index (χ4n) is 3.99. The molecular formula is C22H24N4O4. The zero-order valence-electron chi connectivity index (χ0n) is 17.3. The van der Waals surface area contributed by atoms with Gasteiger partial charge in [0.15, 0.2) is 5.65 Å². The molecule has 1 atom stereocenters. The summed E-state index contributed by atoms with van der Waals surface area (Å²) in [5, 5.41) is 0. The fraction of sp³-hybridized carbons (Fsp3) is 0.364. The van der Waals surface area contributed by atoms with Crippen LogP contribution in [0, 0.1) is 5.92 Å². The normalized spacial score (nSPS) is 16.1. The van der Waals surface area contributed by atoms with Crippen molar-refractivity contribution in [1.82, 2.24) is 19.4 Å². The number of ether oxygens (including phenoxy) is 2. The number of likely N-dealkylation sites (tertiary alicyclic amines) is 1. The molecule has 156 valence electrons. The van der Waals surface area contributed by atoms with Gasteiger partial charge < -0.3 is 18.9 Å². The Hall–Kier alpha value is -3.42. The van der Waals surface area contributed by atoms with E-state index in [-0.39, 0.29) is 17.8 Å². The Kier molecular flexibility index (Phi) is 5.39. The van der Waals surface area contributed by atoms with Crippen LogP contribution in [0.4, 0.5) is 0 Å². The second-order valence-electron chi connectivity index (χ2n) is 7.55. The molecule has 3 heterocycles. The maximum Gasteiger partial charge on any atom is 0.337 e. The van der Waals surface area contributed by atoms with Gasteiger partial charge in [-0.3, -0.25) is 4.79 Å². The molecule has 1 aromatic carbocycles. The first-order chi connectivity index (χ1) is 14.5. The summed E-state index contributed by atoms with van der Waals surface area (Å²) in [5.74, 6) is 0.604. The van der Waals surface area contributed by atoms with Crippen molar-refractivity contribution in [3.63, 3.8) is 0 Å². The van der Waals surface area contributed by atoms with E-state index >= 15 is 0 Å². The molecule has 8 heteroatoms. The van der Waals surface area contributed by atoms with Crippen molar-refractivity contribution in [3.05, 3.63) is 53.5 Å². The number of nitrogens with zero attached hydrogens (tertiary/aromatic N) is 4. The number of hydrogen-bond acceptors (Lipinski definition) is 6. The summed E-state index contributed by atoms with van der Waals surface area (Å²) in [6.07, 6.45) is 4.90. The van der Waals surface area contributed by atoms with Crippen molar-refractivity contribution in [3.8, 4) is 5.75 Å². The Bertz CT molecular complexity index is 1110. The number of rotatable bonds is 5.